The standard InChI is InChI=1S/C12H17NO/c13-5-4-12(14)7-8-6-11(12)10-3-1-2-9(8)10/h8-11,14H,1-4,6-7H2. The van der Waals surface area contributed by atoms with Crippen molar-refractivity contribution in [3.8, 4) is 6.07 Å². The summed E-state index contributed by atoms with van der Waals surface area (Å²) in [6.07, 6.45) is 6.51. The first-order valence-corrected chi connectivity index (χ1v) is 5.84. The maximum absolute atomic E-state index is 10.4. The Morgan fingerprint density at radius 1 is 1.36 bits per heavy atom. The van der Waals surface area contributed by atoms with Gasteiger partial charge in [-0.3, -0.25) is 0 Å². The highest BCUT2D eigenvalue weighted by atomic mass is 16.3. The molecule has 0 radical (unpaired) electrons. The fourth-order valence-corrected chi connectivity index (χ4v) is 4.58. The van der Waals surface area contributed by atoms with E-state index in [-0.39, 0.29) is 0 Å². The molecule has 2 heteroatoms. The summed E-state index contributed by atoms with van der Waals surface area (Å²) in [5.41, 5.74) is -0.606. The zero-order valence-electron chi connectivity index (χ0n) is 8.45. The molecule has 14 heavy (non-hydrogen) atoms. The molecule has 0 amide bonds. The second kappa shape index (κ2) is 2.73. The number of rotatable bonds is 1. The molecular weight excluding hydrogens is 174 g/mol. The zero-order valence-corrected chi connectivity index (χ0v) is 8.45. The molecule has 0 heterocycles. The van der Waals surface area contributed by atoms with Crippen LogP contribution in [0.5, 0.6) is 0 Å². The summed E-state index contributed by atoms with van der Waals surface area (Å²) in [6.45, 7) is 0. The van der Waals surface area contributed by atoms with Crippen molar-refractivity contribution in [3.63, 3.8) is 0 Å². The van der Waals surface area contributed by atoms with E-state index in [9.17, 15) is 5.11 Å². The van der Waals surface area contributed by atoms with E-state index in [0.717, 1.165) is 24.2 Å². The van der Waals surface area contributed by atoms with E-state index in [1.807, 2.05) is 0 Å². The van der Waals surface area contributed by atoms with Gasteiger partial charge in [-0.1, -0.05) is 6.42 Å². The Labute approximate surface area is 84.9 Å². The van der Waals surface area contributed by atoms with Crippen LogP contribution in [0.1, 0.15) is 38.5 Å². The maximum Gasteiger partial charge on any atom is 0.0810 e. The lowest BCUT2D eigenvalue weighted by Gasteiger charge is -2.37. The fraction of sp³-hybridized carbons (Fsp3) is 0.917. The van der Waals surface area contributed by atoms with Gasteiger partial charge in [-0.25, -0.2) is 0 Å². The lowest BCUT2D eigenvalue weighted by molar-refractivity contribution is -0.0415. The molecule has 2 bridgehead atoms. The summed E-state index contributed by atoms with van der Waals surface area (Å²) < 4.78 is 0. The molecule has 3 aliphatic rings. The Bertz CT molecular complexity index is 295. The van der Waals surface area contributed by atoms with Gasteiger partial charge in [-0.05, 0) is 49.4 Å². The van der Waals surface area contributed by atoms with Gasteiger partial charge in [0, 0.05) is 0 Å². The second-order valence-electron chi connectivity index (χ2n) is 5.50. The van der Waals surface area contributed by atoms with Crippen LogP contribution in [0.4, 0.5) is 0 Å². The number of nitriles is 1. The SMILES string of the molecule is N#CCC1(O)CC2CC1C1CCCC21. The van der Waals surface area contributed by atoms with Crippen molar-refractivity contribution < 1.29 is 5.11 Å². The van der Waals surface area contributed by atoms with Gasteiger partial charge in [0.15, 0.2) is 0 Å². The average molecular weight is 191 g/mol. The molecule has 76 valence electrons. The van der Waals surface area contributed by atoms with E-state index < -0.39 is 5.60 Å². The van der Waals surface area contributed by atoms with E-state index in [0.29, 0.717) is 12.3 Å². The van der Waals surface area contributed by atoms with Gasteiger partial charge < -0.3 is 5.11 Å². The highest BCUT2D eigenvalue weighted by Crippen LogP contribution is 2.62. The fourth-order valence-electron chi connectivity index (χ4n) is 4.58. The molecule has 0 aromatic heterocycles. The second-order valence-corrected chi connectivity index (χ2v) is 5.50. The molecule has 0 aliphatic heterocycles. The molecule has 2 nitrogen and oxygen atoms in total. The number of nitrogens with zero attached hydrogens (tertiary/aromatic N) is 1. The van der Waals surface area contributed by atoms with Gasteiger partial charge in [0.05, 0.1) is 18.1 Å². The molecular formula is C12H17NO. The third kappa shape index (κ3) is 0.941. The Balaban J connectivity index is 1.86. The van der Waals surface area contributed by atoms with Crippen LogP contribution in [0.25, 0.3) is 0 Å². The summed E-state index contributed by atoms with van der Waals surface area (Å²) in [6, 6.07) is 2.16. The molecule has 0 saturated heterocycles. The lowest BCUT2D eigenvalue weighted by atomic mass is 9.72. The quantitative estimate of drug-likeness (QED) is 0.689. The molecule has 5 atom stereocenters. The zero-order chi connectivity index (χ0) is 9.76. The Morgan fingerprint density at radius 3 is 2.93 bits per heavy atom. The highest BCUT2D eigenvalue weighted by molar-refractivity contribution is 5.12. The smallest absolute Gasteiger partial charge is 0.0810 e. The van der Waals surface area contributed by atoms with E-state index in [2.05, 4.69) is 6.07 Å². The third-order valence-electron chi connectivity index (χ3n) is 4.99. The summed E-state index contributed by atoms with van der Waals surface area (Å²) in [5, 5.41) is 19.2. The van der Waals surface area contributed by atoms with E-state index in [1.165, 1.54) is 25.7 Å². The van der Waals surface area contributed by atoms with E-state index >= 15 is 0 Å². The number of fused-ring (bicyclic) bond motifs is 5. The normalized spacial score (nSPS) is 54.6. The molecule has 5 unspecified atom stereocenters. The molecule has 0 aromatic rings. The van der Waals surface area contributed by atoms with Crippen LogP contribution in [0, 0.1) is 35.0 Å². The monoisotopic (exact) mass is 191 g/mol. The van der Waals surface area contributed by atoms with Gasteiger partial charge in [0.1, 0.15) is 0 Å². The summed E-state index contributed by atoms with van der Waals surface area (Å²) in [7, 11) is 0. The highest BCUT2D eigenvalue weighted by Gasteiger charge is 2.60. The van der Waals surface area contributed by atoms with Gasteiger partial charge in [-0.2, -0.15) is 5.26 Å². The number of hydrogen-bond donors (Lipinski definition) is 1. The van der Waals surface area contributed by atoms with Crippen molar-refractivity contribution >= 4 is 0 Å². The maximum atomic E-state index is 10.4. The Morgan fingerprint density at radius 2 is 2.14 bits per heavy atom. The summed E-state index contributed by atoms with van der Waals surface area (Å²) in [4.78, 5) is 0. The first kappa shape index (κ1) is 8.73. The van der Waals surface area contributed by atoms with Crippen molar-refractivity contribution in [3.05, 3.63) is 0 Å². The molecule has 3 aliphatic carbocycles. The van der Waals surface area contributed by atoms with Crippen LogP contribution in [-0.4, -0.2) is 10.7 Å². The van der Waals surface area contributed by atoms with Crippen LogP contribution in [0.3, 0.4) is 0 Å². The number of hydrogen-bond acceptors (Lipinski definition) is 2. The lowest BCUT2D eigenvalue weighted by Crippen LogP contribution is -2.40. The average Bonchev–Trinajstić information content (AvgIpc) is 2.72. The van der Waals surface area contributed by atoms with Crippen molar-refractivity contribution in [2.75, 3.05) is 0 Å². The molecule has 3 fully saturated rings. The minimum atomic E-state index is -0.606. The summed E-state index contributed by atoms with van der Waals surface area (Å²) >= 11 is 0. The minimum absolute atomic E-state index is 0.359. The van der Waals surface area contributed by atoms with E-state index in [1.54, 1.807) is 0 Å². The van der Waals surface area contributed by atoms with Crippen molar-refractivity contribution in [1.82, 2.24) is 0 Å². The van der Waals surface area contributed by atoms with E-state index in [4.69, 9.17) is 5.26 Å². The van der Waals surface area contributed by atoms with Crippen molar-refractivity contribution in [2.45, 2.75) is 44.1 Å². The van der Waals surface area contributed by atoms with Crippen LogP contribution < -0.4 is 0 Å². The van der Waals surface area contributed by atoms with Crippen LogP contribution in [0.2, 0.25) is 0 Å². The largest absolute Gasteiger partial charge is 0.389 e. The first-order valence-electron chi connectivity index (χ1n) is 5.84. The van der Waals surface area contributed by atoms with Gasteiger partial charge in [0.2, 0.25) is 0 Å². The number of aliphatic hydroxyl groups is 1. The first-order chi connectivity index (χ1) is 6.74. The van der Waals surface area contributed by atoms with Crippen LogP contribution >= 0.6 is 0 Å². The van der Waals surface area contributed by atoms with Crippen molar-refractivity contribution in [1.29, 1.82) is 5.26 Å². The minimum Gasteiger partial charge on any atom is -0.389 e. The molecule has 3 saturated carbocycles. The Kier molecular flexibility index (Phi) is 1.70. The predicted molar refractivity (Wildman–Crippen MR) is 52.2 cm³/mol. The molecule has 1 N–H and O–H groups in total. The van der Waals surface area contributed by atoms with Gasteiger partial charge in [0.25, 0.3) is 0 Å². The predicted octanol–water partition coefficient (Wildman–Crippen LogP) is 2.09. The van der Waals surface area contributed by atoms with Crippen LogP contribution in [-0.2, 0) is 0 Å². The molecule has 3 rings (SSSR count). The van der Waals surface area contributed by atoms with Gasteiger partial charge in [-0.15, -0.1) is 0 Å². The van der Waals surface area contributed by atoms with Crippen molar-refractivity contribution in [2.24, 2.45) is 23.7 Å². The summed E-state index contributed by atoms with van der Waals surface area (Å²) in [5.74, 6) is 2.86. The molecule has 0 aromatic carbocycles. The molecule has 0 spiro atoms. The van der Waals surface area contributed by atoms with Crippen LogP contribution in [0.15, 0.2) is 0 Å². The van der Waals surface area contributed by atoms with Gasteiger partial charge >= 0.3 is 0 Å². The Hall–Kier alpha value is -0.550. The topological polar surface area (TPSA) is 44.0 Å². The third-order valence-corrected chi connectivity index (χ3v) is 4.99.